The van der Waals surface area contributed by atoms with Crippen LogP contribution >= 0.6 is 11.6 Å². The highest BCUT2D eigenvalue weighted by Gasteiger charge is 2.16. The molecule has 0 saturated heterocycles. The van der Waals surface area contributed by atoms with Crippen LogP contribution in [0.4, 0.5) is 11.5 Å². The fourth-order valence-corrected chi connectivity index (χ4v) is 2.41. The van der Waals surface area contributed by atoms with Gasteiger partial charge in [0.15, 0.2) is 5.82 Å². The number of fused-ring (bicyclic) bond motifs is 1. The summed E-state index contributed by atoms with van der Waals surface area (Å²) in [5, 5.41) is 8.97. The summed E-state index contributed by atoms with van der Waals surface area (Å²) in [5.41, 5.74) is 1.74. The van der Waals surface area contributed by atoms with E-state index in [-0.39, 0.29) is 12.4 Å². The second-order valence-corrected chi connectivity index (χ2v) is 5.35. The first kappa shape index (κ1) is 16.1. The van der Waals surface area contributed by atoms with E-state index in [9.17, 15) is 4.79 Å². The summed E-state index contributed by atoms with van der Waals surface area (Å²) in [7, 11) is 0. The molecule has 0 atom stereocenters. The highest BCUT2D eigenvalue weighted by molar-refractivity contribution is 6.32. The van der Waals surface area contributed by atoms with Crippen molar-refractivity contribution >= 4 is 34.7 Å². The third-order valence-electron chi connectivity index (χ3n) is 3.30. The van der Waals surface area contributed by atoms with E-state index in [1.165, 1.54) is 0 Å². The van der Waals surface area contributed by atoms with E-state index < -0.39 is 0 Å². The minimum absolute atomic E-state index is 0.0341. The van der Waals surface area contributed by atoms with E-state index in [1.54, 1.807) is 23.5 Å². The molecule has 3 aromatic rings. The minimum Gasteiger partial charge on any atom is -0.466 e. The van der Waals surface area contributed by atoms with E-state index in [0.717, 1.165) is 0 Å². The number of esters is 1. The van der Waals surface area contributed by atoms with Crippen LogP contribution in [0.1, 0.15) is 12.6 Å². The standard InChI is InChI=1S/C17H15ClN4O2/c1-2-24-16(23)11-14-17(22-10-6-5-9-15(22)19-14)21-20-13-8-4-3-7-12(13)18/h3-10H,2,11H2,1H3. The molecule has 0 unspecified atom stereocenters. The van der Waals surface area contributed by atoms with Crippen LogP contribution in [0.5, 0.6) is 0 Å². The predicted molar refractivity (Wildman–Crippen MR) is 91.2 cm³/mol. The Kier molecular flexibility index (Phi) is 4.86. The quantitative estimate of drug-likeness (QED) is 0.506. The number of aromatic nitrogens is 2. The molecule has 0 bridgehead atoms. The lowest BCUT2D eigenvalue weighted by atomic mass is 10.3. The molecule has 0 aliphatic carbocycles. The number of pyridine rings is 1. The average molecular weight is 343 g/mol. The zero-order chi connectivity index (χ0) is 16.9. The second-order valence-electron chi connectivity index (χ2n) is 4.94. The maximum absolute atomic E-state index is 11.8. The Morgan fingerprint density at radius 1 is 1.21 bits per heavy atom. The van der Waals surface area contributed by atoms with Crippen LogP contribution in [0, 0.1) is 0 Å². The molecule has 6 nitrogen and oxygen atoms in total. The highest BCUT2D eigenvalue weighted by atomic mass is 35.5. The molecule has 3 rings (SSSR count). The summed E-state index contributed by atoms with van der Waals surface area (Å²) in [6.45, 7) is 2.09. The van der Waals surface area contributed by atoms with Gasteiger partial charge in [-0.2, -0.15) is 0 Å². The number of nitrogens with zero attached hydrogens (tertiary/aromatic N) is 4. The lowest BCUT2D eigenvalue weighted by molar-refractivity contribution is -0.142. The van der Waals surface area contributed by atoms with Crippen molar-refractivity contribution in [1.29, 1.82) is 0 Å². The van der Waals surface area contributed by atoms with Crippen LogP contribution in [-0.4, -0.2) is 22.0 Å². The molecule has 0 amide bonds. The fourth-order valence-electron chi connectivity index (χ4n) is 2.24. The molecule has 0 saturated carbocycles. The maximum Gasteiger partial charge on any atom is 0.312 e. The number of azo groups is 1. The largest absolute Gasteiger partial charge is 0.466 e. The molecule has 24 heavy (non-hydrogen) atoms. The number of carbonyl (C=O) groups is 1. The molecule has 0 aliphatic heterocycles. The van der Waals surface area contributed by atoms with Gasteiger partial charge in [0.1, 0.15) is 11.3 Å². The summed E-state index contributed by atoms with van der Waals surface area (Å²) < 4.78 is 6.77. The van der Waals surface area contributed by atoms with Crippen LogP contribution in [0.3, 0.4) is 0 Å². The van der Waals surface area contributed by atoms with Crippen molar-refractivity contribution in [1.82, 2.24) is 9.38 Å². The van der Waals surface area contributed by atoms with E-state index >= 15 is 0 Å². The molecule has 2 heterocycles. The van der Waals surface area contributed by atoms with E-state index in [4.69, 9.17) is 16.3 Å². The lowest BCUT2D eigenvalue weighted by Gasteiger charge is -2.01. The number of hydrogen-bond acceptors (Lipinski definition) is 5. The van der Waals surface area contributed by atoms with Crippen molar-refractivity contribution in [3.05, 3.63) is 59.4 Å². The van der Waals surface area contributed by atoms with Gasteiger partial charge in [-0.1, -0.05) is 29.8 Å². The average Bonchev–Trinajstić information content (AvgIpc) is 2.91. The van der Waals surface area contributed by atoms with Crippen molar-refractivity contribution in [3.8, 4) is 0 Å². The number of carbonyl (C=O) groups excluding carboxylic acids is 1. The summed E-state index contributed by atoms with van der Waals surface area (Å²) >= 11 is 6.10. The SMILES string of the molecule is CCOC(=O)Cc1nc2ccccn2c1N=Nc1ccccc1Cl. The first-order chi connectivity index (χ1) is 11.7. The van der Waals surface area contributed by atoms with E-state index in [1.807, 2.05) is 36.5 Å². The van der Waals surface area contributed by atoms with Crippen molar-refractivity contribution in [2.45, 2.75) is 13.3 Å². The van der Waals surface area contributed by atoms with Gasteiger partial charge in [-0.15, -0.1) is 10.2 Å². The molecule has 122 valence electrons. The van der Waals surface area contributed by atoms with Crippen LogP contribution in [0.25, 0.3) is 5.65 Å². The summed E-state index contributed by atoms with van der Waals surface area (Å²) in [5.74, 6) is 0.133. The first-order valence-corrected chi connectivity index (χ1v) is 7.84. The monoisotopic (exact) mass is 342 g/mol. The first-order valence-electron chi connectivity index (χ1n) is 7.47. The van der Waals surface area contributed by atoms with Gasteiger partial charge in [-0.25, -0.2) is 4.98 Å². The number of hydrogen-bond donors (Lipinski definition) is 0. The van der Waals surface area contributed by atoms with E-state index in [0.29, 0.717) is 34.5 Å². The van der Waals surface area contributed by atoms with Gasteiger partial charge in [-0.05, 0) is 31.2 Å². The minimum atomic E-state index is -0.352. The third kappa shape index (κ3) is 3.44. The highest BCUT2D eigenvalue weighted by Crippen LogP contribution is 2.28. The molecule has 0 spiro atoms. The Morgan fingerprint density at radius 3 is 2.79 bits per heavy atom. The van der Waals surface area contributed by atoms with Gasteiger partial charge in [0.05, 0.1) is 23.7 Å². The predicted octanol–water partition coefficient (Wildman–Crippen LogP) is 4.51. The number of ether oxygens (including phenoxy) is 1. The number of benzene rings is 1. The summed E-state index contributed by atoms with van der Waals surface area (Å²) in [4.78, 5) is 16.2. The summed E-state index contributed by atoms with van der Waals surface area (Å²) in [6, 6.07) is 12.7. The van der Waals surface area contributed by atoms with E-state index in [2.05, 4.69) is 15.2 Å². The van der Waals surface area contributed by atoms with Crippen LogP contribution in [-0.2, 0) is 16.0 Å². The second kappa shape index (κ2) is 7.23. The van der Waals surface area contributed by atoms with Crippen LogP contribution in [0.15, 0.2) is 58.9 Å². The molecule has 0 fully saturated rings. The number of rotatable bonds is 5. The Morgan fingerprint density at radius 2 is 2.00 bits per heavy atom. The van der Waals surface area contributed by atoms with Crippen LogP contribution in [0.2, 0.25) is 5.02 Å². The summed E-state index contributed by atoms with van der Waals surface area (Å²) in [6.07, 6.45) is 1.85. The fraction of sp³-hybridized carbons (Fsp3) is 0.176. The Labute approximate surface area is 143 Å². The van der Waals surface area contributed by atoms with Gasteiger partial charge in [0, 0.05) is 6.20 Å². The number of imidazole rings is 1. The molecular weight excluding hydrogens is 328 g/mol. The van der Waals surface area contributed by atoms with Gasteiger partial charge in [-0.3, -0.25) is 9.20 Å². The zero-order valence-corrected chi connectivity index (χ0v) is 13.8. The van der Waals surface area contributed by atoms with Crippen molar-refractivity contribution in [3.63, 3.8) is 0 Å². The van der Waals surface area contributed by atoms with Crippen molar-refractivity contribution in [2.75, 3.05) is 6.61 Å². The third-order valence-corrected chi connectivity index (χ3v) is 3.62. The Bertz CT molecular complexity index is 904. The van der Waals surface area contributed by atoms with Gasteiger partial charge >= 0.3 is 5.97 Å². The topological polar surface area (TPSA) is 68.3 Å². The maximum atomic E-state index is 11.8. The molecule has 7 heteroatoms. The van der Waals surface area contributed by atoms with Crippen molar-refractivity contribution in [2.24, 2.45) is 10.2 Å². The molecule has 0 N–H and O–H groups in total. The Balaban J connectivity index is 2.01. The molecule has 2 aromatic heterocycles. The van der Waals surface area contributed by atoms with Crippen LogP contribution < -0.4 is 0 Å². The van der Waals surface area contributed by atoms with Gasteiger partial charge in [0.25, 0.3) is 0 Å². The Hall–Kier alpha value is -2.73. The number of halogens is 1. The molecule has 0 radical (unpaired) electrons. The lowest BCUT2D eigenvalue weighted by Crippen LogP contribution is -2.07. The molecule has 1 aromatic carbocycles. The van der Waals surface area contributed by atoms with Gasteiger partial charge < -0.3 is 4.74 Å². The zero-order valence-electron chi connectivity index (χ0n) is 13.0. The molecule has 0 aliphatic rings. The van der Waals surface area contributed by atoms with Crippen molar-refractivity contribution < 1.29 is 9.53 Å². The van der Waals surface area contributed by atoms with Gasteiger partial charge in [0.2, 0.25) is 0 Å². The normalized spacial score (nSPS) is 11.2. The smallest absolute Gasteiger partial charge is 0.312 e. The molecular formula is C17H15ClN4O2.